The van der Waals surface area contributed by atoms with E-state index in [4.69, 9.17) is 15.2 Å². The van der Waals surface area contributed by atoms with E-state index in [0.29, 0.717) is 11.4 Å². The first-order valence-corrected chi connectivity index (χ1v) is 11.3. The van der Waals surface area contributed by atoms with E-state index in [0.717, 1.165) is 16.7 Å². The molecule has 0 fully saturated rings. The van der Waals surface area contributed by atoms with Crippen molar-refractivity contribution in [2.24, 2.45) is 5.73 Å². The number of rotatable bonds is 7. The van der Waals surface area contributed by atoms with Crippen LogP contribution in [0.5, 0.6) is 5.75 Å². The Morgan fingerprint density at radius 1 is 1.03 bits per heavy atom. The van der Waals surface area contributed by atoms with Crippen LogP contribution in [0.3, 0.4) is 0 Å². The summed E-state index contributed by atoms with van der Waals surface area (Å²) in [7, 11) is 0. The molecule has 3 amide bonds. The summed E-state index contributed by atoms with van der Waals surface area (Å²) in [5.74, 6) is -0.416. The lowest BCUT2D eigenvalue weighted by Crippen LogP contribution is -2.43. The van der Waals surface area contributed by atoms with Crippen LogP contribution in [0, 0.1) is 6.92 Å². The van der Waals surface area contributed by atoms with Gasteiger partial charge in [0.05, 0.1) is 24.2 Å². The molecule has 0 bridgehead atoms. The van der Waals surface area contributed by atoms with Crippen LogP contribution in [0.15, 0.2) is 78.9 Å². The topological polar surface area (TPSA) is 111 Å². The van der Waals surface area contributed by atoms with Gasteiger partial charge in [-0.15, -0.1) is 0 Å². The maximum absolute atomic E-state index is 13.3. The van der Waals surface area contributed by atoms with Crippen molar-refractivity contribution in [3.8, 4) is 5.75 Å². The van der Waals surface area contributed by atoms with E-state index in [1.54, 1.807) is 17.0 Å². The van der Waals surface area contributed by atoms with Crippen LogP contribution in [0.25, 0.3) is 0 Å². The number of carbonyl (C=O) groups is 3. The SMILES string of the molecule is Cc1ccccc1[C@@H](CC(=O)OCC(=O)N1c2ccccc2OC[C@@H]1c1ccccc1)NC(N)=O. The zero-order chi connectivity index (χ0) is 24.8. The van der Waals surface area contributed by atoms with Gasteiger partial charge >= 0.3 is 12.0 Å². The second-order valence-corrected chi connectivity index (χ2v) is 8.25. The van der Waals surface area contributed by atoms with Crippen LogP contribution < -0.4 is 20.7 Å². The zero-order valence-corrected chi connectivity index (χ0v) is 19.3. The Morgan fingerprint density at radius 2 is 1.71 bits per heavy atom. The van der Waals surface area contributed by atoms with Crippen LogP contribution in [-0.4, -0.2) is 31.1 Å². The number of aryl methyl sites for hydroxylation is 1. The number of nitrogens with zero attached hydrogens (tertiary/aromatic N) is 1. The molecule has 4 rings (SSSR count). The molecule has 8 heteroatoms. The summed E-state index contributed by atoms with van der Waals surface area (Å²) in [6.45, 7) is 1.70. The van der Waals surface area contributed by atoms with Crippen molar-refractivity contribution in [1.82, 2.24) is 5.32 Å². The highest BCUT2D eigenvalue weighted by atomic mass is 16.5. The number of hydrogen-bond acceptors (Lipinski definition) is 5. The molecule has 3 N–H and O–H groups in total. The molecule has 2 atom stereocenters. The molecule has 3 aromatic carbocycles. The number of hydrogen-bond donors (Lipinski definition) is 2. The average molecular weight is 474 g/mol. The Bertz CT molecular complexity index is 1210. The van der Waals surface area contributed by atoms with E-state index < -0.39 is 24.6 Å². The Hall–Kier alpha value is -4.33. The molecule has 0 saturated carbocycles. The lowest BCUT2D eigenvalue weighted by atomic mass is 9.99. The van der Waals surface area contributed by atoms with Crippen molar-refractivity contribution >= 4 is 23.6 Å². The summed E-state index contributed by atoms with van der Waals surface area (Å²) in [4.78, 5) is 39.2. The maximum atomic E-state index is 13.3. The molecular formula is C27H27N3O5. The normalized spacial score (nSPS) is 15.3. The van der Waals surface area contributed by atoms with E-state index in [-0.39, 0.29) is 25.0 Å². The third-order valence-corrected chi connectivity index (χ3v) is 5.89. The molecule has 1 aliphatic rings. The van der Waals surface area contributed by atoms with Gasteiger partial charge in [0.2, 0.25) is 0 Å². The standard InChI is InChI=1S/C27H27N3O5/c1-18-9-5-6-12-20(18)21(29-27(28)33)15-26(32)35-17-25(31)30-22-13-7-8-14-24(22)34-16-23(30)19-10-3-2-4-11-19/h2-14,21,23H,15-17H2,1H3,(H3,28,29,33)/t21-,23-/m1/s1. The quantitative estimate of drug-likeness (QED) is 0.507. The Morgan fingerprint density at radius 3 is 2.46 bits per heavy atom. The van der Waals surface area contributed by atoms with Gasteiger partial charge < -0.3 is 20.5 Å². The molecule has 180 valence electrons. The van der Waals surface area contributed by atoms with Crippen molar-refractivity contribution in [3.05, 3.63) is 95.6 Å². The molecule has 0 aromatic heterocycles. The first-order chi connectivity index (χ1) is 16.9. The fraction of sp³-hybridized carbons (Fsp3) is 0.222. The number of fused-ring (bicyclic) bond motifs is 1. The van der Waals surface area contributed by atoms with Gasteiger partial charge in [0.15, 0.2) is 6.61 Å². The smallest absolute Gasteiger partial charge is 0.312 e. The van der Waals surface area contributed by atoms with E-state index in [2.05, 4.69) is 5.32 Å². The Kier molecular flexibility index (Phi) is 7.30. The first kappa shape index (κ1) is 23.8. The number of benzene rings is 3. The van der Waals surface area contributed by atoms with Crippen LogP contribution in [-0.2, 0) is 14.3 Å². The van der Waals surface area contributed by atoms with E-state index in [1.165, 1.54) is 0 Å². The number of amides is 3. The summed E-state index contributed by atoms with van der Waals surface area (Å²) in [6.07, 6.45) is -0.164. The van der Waals surface area contributed by atoms with Crippen LogP contribution in [0.4, 0.5) is 10.5 Å². The Labute approximate surface area is 203 Å². The second-order valence-electron chi connectivity index (χ2n) is 8.25. The van der Waals surface area contributed by atoms with Gasteiger partial charge in [-0.25, -0.2) is 4.79 Å². The number of para-hydroxylation sites is 2. The Balaban J connectivity index is 1.49. The molecular weight excluding hydrogens is 446 g/mol. The summed E-state index contributed by atoms with van der Waals surface area (Å²) in [5, 5.41) is 2.59. The minimum atomic E-state index is -0.752. The first-order valence-electron chi connectivity index (χ1n) is 11.3. The van der Waals surface area contributed by atoms with Crippen molar-refractivity contribution in [3.63, 3.8) is 0 Å². The summed E-state index contributed by atoms with van der Waals surface area (Å²) >= 11 is 0. The lowest BCUT2D eigenvalue weighted by molar-refractivity contribution is -0.148. The molecule has 8 nitrogen and oxygen atoms in total. The third kappa shape index (κ3) is 5.60. The summed E-state index contributed by atoms with van der Waals surface area (Å²) in [6, 6.07) is 22.4. The molecule has 35 heavy (non-hydrogen) atoms. The van der Waals surface area contributed by atoms with Crippen molar-refractivity contribution in [1.29, 1.82) is 0 Å². The van der Waals surface area contributed by atoms with Gasteiger partial charge in [-0.3, -0.25) is 14.5 Å². The van der Waals surface area contributed by atoms with E-state index in [9.17, 15) is 14.4 Å². The molecule has 0 saturated heterocycles. The number of urea groups is 1. The van der Waals surface area contributed by atoms with Crippen molar-refractivity contribution < 1.29 is 23.9 Å². The predicted octanol–water partition coefficient (Wildman–Crippen LogP) is 3.80. The molecule has 1 aliphatic heterocycles. The number of esters is 1. The monoisotopic (exact) mass is 473 g/mol. The van der Waals surface area contributed by atoms with E-state index in [1.807, 2.05) is 73.7 Å². The number of nitrogens with one attached hydrogen (secondary N) is 1. The minimum Gasteiger partial charge on any atom is -0.489 e. The van der Waals surface area contributed by atoms with Crippen LogP contribution >= 0.6 is 0 Å². The van der Waals surface area contributed by atoms with Gasteiger partial charge in [-0.1, -0.05) is 66.7 Å². The predicted molar refractivity (Wildman–Crippen MR) is 131 cm³/mol. The van der Waals surface area contributed by atoms with Gasteiger partial charge in [-0.2, -0.15) is 0 Å². The fourth-order valence-electron chi connectivity index (χ4n) is 4.24. The molecule has 0 unspecified atom stereocenters. The third-order valence-electron chi connectivity index (χ3n) is 5.89. The molecule has 3 aromatic rings. The van der Waals surface area contributed by atoms with Crippen molar-refractivity contribution in [2.75, 3.05) is 18.1 Å². The largest absolute Gasteiger partial charge is 0.489 e. The summed E-state index contributed by atoms with van der Waals surface area (Å²) < 4.78 is 11.3. The highest BCUT2D eigenvalue weighted by molar-refractivity contribution is 5.97. The summed E-state index contributed by atoms with van der Waals surface area (Å²) in [5.41, 5.74) is 8.48. The minimum absolute atomic E-state index is 0.164. The average Bonchev–Trinajstić information content (AvgIpc) is 2.86. The lowest BCUT2D eigenvalue weighted by Gasteiger charge is -2.37. The molecule has 0 aliphatic carbocycles. The number of primary amides is 1. The van der Waals surface area contributed by atoms with Gasteiger partial charge in [0.25, 0.3) is 5.91 Å². The van der Waals surface area contributed by atoms with Gasteiger partial charge in [-0.05, 0) is 35.7 Å². The molecule has 1 heterocycles. The molecule has 0 spiro atoms. The number of carbonyl (C=O) groups excluding carboxylic acids is 3. The highest BCUT2D eigenvalue weighted by Crippen LogP contribution is 2.39. The van der Waals surface area contributed by atoms with Crippen molar-refractivity contribution in [2.45, 2.75) is 25.4 Å². The fourth-order valence-corrected chi connectivity index (χ4v) is 4.24. The molecule has 0 radical (unpaired) electrons. The van der Waals surface area contributed by atoms with Gasteiger partial charge in [0.1, 0.15) is 12.4 Å². The zero-order valence-electron chi connectivity index (χ0n) is 19.3. The van der Waals surface area contributed by atoms with Crippen LogP contribution in [0.2, 0.25) is 0 Å². The number of nitrogens with two attached hydrogens (primary N) is 1. The number of ether oxygens (including phenoxy) is 2. The number of anilines is 1. The maximum Gasteiger partial charge on any atom is 0.312 e. The van der Waals surface area contributed by atoms with Gasteiger partial charge in [0, 0.05) is 0 Å². The van der Waals surface area contributed by atoms with E-state index >= 15 is 0 Å². The van der Waals surface area contributed by atoms with Crippen LogP contribution in [0.1, 0.15) is 35.2 Å². The second kappa shape index (κ2) is 10.7. The highest BCUT2D eigenvalue weighted by Gasteiger charge is 2.34.